The fourth-order valence-corrected chi connectivity index (χ4v) is 3.37. The lowest BCUT2D eigenvalue weighted by Gasteiger charge is -2.35. The van der Waals surface area contributed by atoms with Gasteiger partial charge in [-0.15, -0.1) is 0 Å². The molecule has 0 aromatic carbocycles. The number of carbonyl (C=O) groups excluding carboxylic acids is 2. The normalized spacial score (nSPS) is 31.0. The second kappa shape index (κ2) is 7.07. The first-order valence-electron chi connectivity index (χ1n) is 7.94. The standard InChI is InChI=1S/C15H27N3O2/c1-2-13-15(20)17-9-10-18(13)14(19)8-5-11-3-6-12(16)7-4-11/h11-13H,2-10,16H2,1H3,(H,17,20). The summed E-state index contributed by atoms with van der Waals surface area (Å²) in [4.78, 5) is 25.9. The molecule has 0 aromatic rings. The molecular weight excluding hydrogens is 254 g/mol. The molecule has 114 valence electrons. The zero-order valence-corrected chi connectivity index (χ0v) is 12.4. The molecule has 2 amide bonds. The molecule has 2 fully saturated rings. The second-order valence-electron chi connectivity index (χ2n) is 6.12. The van der Waals surface area contributed by atoms with Gasteiger partial charge in [-0.1, -0.05) is 6.92 Å². The van der Waals surface area contributed by atoms with Crippen LogP contribution < -0.4 is 11.1 Å². The lowest BCUT2D eigenvalue weighted by molar-refractivity contribution is -0.143. The topological polar surface area (TPSA) is 75.4 Å². The Morgan fingerprint density at radius 2 is 2.05 bits per heavy atom. The van der Waals surface area contributed by atoms with Crippen molar-refractivity contribution in [1.82, 2.24) is 10.2 Å². The Labute approximate surface area is 121 Å². The molecule has 5 heteroatoms. The third-order valence-corrected chi connectivity index (χ3v) is 4.70. The molecule has 1 saturated carbocycles. The second-order valence-corrected chi connectivity index (χ2v) is 6.12. The summed E-state index contributed by atoms with van der Waals surface area (Å²) < 4.78 is 0. The van der Waals surface area contributed by atoms with Gasteiger partial charge in [-0.05, 0) is 44.4 Å². The zero-order chi connectivity index (χ0) is 14.5. The minimum absolute atomic E-state index is 0.00394. The molecule has 3 N–H and O–H groups in total. The summed E-state index contributed by atoms with van der Waals surface area (Å²) in [7, 11) is 0. The van der Waals surface area contributed by atoms with Gasteiger partial charge in [0, 0.05) is 25.6 Å². The predicted octanol–water partition coefficient (Wildman–Crippen LogP) is 1.02. The van der Waals surface area contributed by atoms with E-state index in [2.05, 4.69) is 5.32 Å². The molecule has 1 aliphatic heterocycles. The lowest BCUT2D eigenvalue weighted by atomic mass is 9.83. The van der Waals surface area contributed by atoms with Crippen molar-refractivity contribution in [2.45, 2.75) is 64.0 Å². The van der Waals surface area contributed by atoms with Crippen molar-refractivity contribution < 1.29 is 9.59 Å². The Hall–Kier alpha value is -1.10. The van der Waals surface area contributed by atoms with Crippen LogP contribution in [0.1, 0.15) is 51.9 Å². The van der Waals surface area contributed by atoms with Crippen LogP contribution in [0.4, 0.5) is 0 Å². The van der Waals surface area contributed by atoms with Gasteiger partial charge in [0.2, 0.25) is 11.8 Å². The maximum Gasteiger partial charge on any atom is 0.242 e. The fourth-order valence-electron chi connectivity index (χ4n) is 3.37. The molecule has 0 spiro atoms. The average molecular weight is 281 g/mol. The van der Waals surface area contributed by atoms with E-state index in [1.807, 2.05) is 6.92 Å². The SMILES string of the molecule is CCC1C(=O)NCCN1C(=O)CCC1CCC(N)CC1. The Bertz CT molecular complexity index is 351. The van der Waals surface area contributed by atoms with E-state index in [9.17, 15) is 9.59 Å². The van der Waals surface area contributed by atoms with Crippen molar-refractivity contribution >= 4 is 11.8 Å². The van der Waals surface area contributed by atoms with Gasteiger partial charge in [0.25, 0.3) is 0 Å². The first kappa shape index (κ1) is 15.3. The molecular formula is C15H27N3O2. The van der Waals surface area contributed by atoms with Crippen LogP contribution in [0, 0.1) is 5.92 Å². The highest BCUT2D eigenvalue weighted by Gasteiger charge is 2.31. The highest BCUT2D eigenvalue weighted by molar-refractivity contribution is 5.88. The van der Waals surface area contributed by atoms with E-state index in [-0.39, 0.29) is 17.9 Å². The van der Waals surface area contributed by atoms with Gasteiger partial charge in [0.15, 0.2) is 0 Å². The van der Waals surface area contributed by atoms with Crippen molar-refractivity contribution in [3.63, 3.8) is 0 Å². The van der Waals surface area contributed by atoms with Crippen LogP contribution in [0.3, 0.4) is 0 Å². The maximum absolute atomic E-state index is 12.3. The van der Waals surface area contributed by atoms with Crippen LogP contribution in [0.5, 0.6) is 0 Å². The minimum atomic E-state index is -0.268. The van der Waals surface area contributed by atoms with Crippen molar-refractivity contribution in [3.05, 3.63) is 0 Å². The van der Waals surface area contributed by atoms with Crippen molar-refractivity contribution in [3.8, 4) is 0 Å². The summed E-state index contributed by atoms with van der Waals surface area (Å²) in [6.45, 7) is 3.19. The molecule has 1 saturated heterocycles. The number of nitrogens with two attached hydrogens (primary N) is 1. The molecule has 20 heavy (non-hydrogen) atoms. The summed E-state index contributed by atoms with van der Waals surface area (Å²) >= 11 is 0. The summed E-state index contributed by atoms with van der Waals surface area (Å²) in [6.07, 6.45) is 6.67. The van der Waals surface area contributed by atoms with Crippen LogP contribution in [0.2, 0.25) is 0 Å². The molecule has 1 aliphatic carbocycles. The van der Waals surface area contributed by atoms with Crippen molar-refractivity contribution in [2.75, 3.05) is 13.1 Å². The zero-order valence-electron chi connectivity index (χ0n) is 12.4. The van der Waals surface area contributed by atoms with Gasteiger partial charge in [0.05, 0.1) is 0 Å². The Morgan fingerprint density at radius 1 is 1.35 bits per heavy atom. The van der Waals surface area contributed by atoms with E-state index in [4.69, 9.17) is 5.73 Å². The molecule has 0 radical (unpaired) electrons. The van der Waals surface area contributed by atoms with Crippen LogP contribution in [0.15, 0.2) is 0 Å². The van der Waals surface area contributed by atoms with E-state index in [1.54, 1.807) is 4.90 Å². The maximum atomic E-state index is 12.3. The molecule has 1 unspecified atom stereocenters. The molecule has 1 atom stereocenters. The van der Waals surface area contributed by atoms with Gasteiger partial charge in [0.1, 0.15) is 6.04 Å². The molecule has 0 bridgehead atoms. The number of amides is 2. The smallest absolute Gasteiger partial charge is 0.242 e. The monoisotopic (exact) mass is 281 g/mol. The molecule has 1 heterocycles. The molecule has 2 aliphatic rings. The highest BCUT2D eigenvalue weighted by Crippen LogP contribution is 2.27. The van der Waals surface area contributed by atoms with E-state index < -0.39 is 0 Å². The van der Waals surface area contributed by atoms with Gasteiger partial charge in [-0.2, -0.15) is 0 Å². The van der Waals surface area contributed by atoms with Crippen LogP contribution in [-0.4, -0.2) is 41.9 Å². The average Bonchev–Trinajstić information content (AvgIpc) is 2.46. The number of nitrogens with one attached hydrogen (secondary N) is 1. The van der Waals surface area contributed by atoms with Gasteiger partial charge >= 0.3 is 0 Å². The van der Waals surface area contributed by atoms with E-state index in [0.717, 1.165) is 32.1 Å². The largest absolute Gasteiger partial charge is 0.353 e. The Morgan fingerprint density at radius 3 is 2.70 bits per heavy atom. The van der Waals surface area contributed by atoms with Crippen LogP contribution in [-0.2, 0) is 9.59 Å². The summed E-state index contributed by atoms with van der Waals surface area (Å²) in [5.74, 6) is 0.773. The number of hydrogen-bond donors (Lipinski definition) is 2. The number of hydrogen-bond acceptors (Lipinski definition) is 3. The third kappa shape index (κ3) is 3.72. The number of carbonyl (C=O) groups is 2. The number of piperazine rings is 1. The minimum Gasteiger partial charge on any atom is -0.353 e. The molecule has 5 nitrogen and oxygen atoms in total. The van der Waals surface area contributed by atoms with Crippen molar-refractivity contribution in [1.29, 1.82) is 0 Å². The first-order chi connectivity index (χ1) is 9.61. The molecule has 2 rings (SSSR count). The Kier molecular flexibility index (Phi) is 5.40. The fraction of sp³-hybridized carbons (Fsp3) is 0.867. The van der Waals surface area contributed by atoms with Crippen LogP contribution >= 0.6 is 0 Å². The van der Waals surface area contributed by atoms with Gasteiger partial charge in [-0.3, -0.25) is 9.59 Å². The number of nitrogens with zero attached hydrogens (tertiary/aromatic N) is 1. The quantitative estimate of drug-likeness (QED) is 0.808. The van der Waals surface area contributed by atoms with Gasteiger partial charge < -0.3 is 16.0 Å². The lowest BCUT2D eigenvalue weighted by Crippen LogP contribution is -2.56. The van der Waals surface area contributed by atoms with E-state index in [1.165, 1.54) is 0 Å². The third-order valence-electron chi connectivity index (χ3n) is 4.70. The predicted molar refractivity (Wildman–Crippen MR) is 78.0 cm³/mol. The molecule has 0 aromatic heterocycles. The van der Waals surface area contributed by atoms with Crippen molar-refractivity contribution in [2.24, 2.45) is 11.7 Å². The number of rotatable bonds is 4. The van der Waals surface area contributed by atoms with E-state index in [0.29, 0.717) is 37.9 Å². The summed E-state index contributed by atoms with van der Waals surface area (Å²) in [6, 6.07) is 0.0910. The summed E-state index contributed by atoms with van der Waals surface area (Å²) in [5.41, 5.74) is 5.90. The van der Waals surface area contributed by atoms with E-state index >= 15 is 0 Å². The highest BCUT2D eigenvalue weighted by atomic mass is 16.2. The van der Waals surface area contributed by atoms with Gasteiger partial charge in [-0.25, -0.2) is 0 Å². The van der Waals surface area contributed by atoms with Crippen LogP contribution in [0.25, 0.3) is 0 Å². The first-order valence-corrected chi connectivity index (χ1v) is 7.94. The summed E-state index contributed by atoms with van der Waals surface area (Å²) in [5, 5.41) is 2.83. The Balaban J connectivity index is 1.80.